The highest BCUT2D eigenvalue weighted by molar-refractivity contribution is 6.07. The van der Waals surface area contributed by atoms with Gasteiger partial charge in [-0.05, 0) is 67.3 Å². The number of rotatable bonds is 8. The van der Waals surface area contributed by atoms with Crippen molar-refractivity contribution < 1.29 is 14.3 Å². The van der Waals surface area contributed by atoms with Gasteiger partial charge in [-0.2, -0.15) is 0 Å². The molecule has 6 nitrogen and oxygen atoms in total. The highest BCUT2D eigenvalue weighted by Gasteiger charge is 2.45. The molecule has 2 aromatic carbocycles. The first-order chi connectivity index (χ1) is 14.7. The van der Waals surface area contributed by atoms with E-state index in [1.54, 1.807) is 55.5 Å². The van der Waals surface area contributed by atoms with E-state index in [0.717, 1.165) is 24.0 Å². The number of hydrogen-bond acceptors (Lipinski definition) is 5. The molecule has 31 heavy (non-hydrogen) atoms. The largest absolute Gasteiger partial charge is 0.397 e. The second kappa shape index (κ2) is 9.16. The van der Waals surface area contributed by atoms with E-state index in [4.69, 9.17) is 11.5 Å². The van der Waals surface area contributed by atoms with Gasteiger partial charge >= 0.3 is 0 Å². The quantitative estimate of drug-likeness (QED) is 0.194. The summed E-state index contributed by atoms with van der Waals surface area (Å²) in [7, 11) is 0. The van der Waals surface area contributed by atoms with Gasteiger partial charge in [-0.25, -0.2) is 4.39 Å². The van der Waals surface area contributed by atoms with Crippen LogP contribution in [-0.2, 0) is 4.79 Å². The number of nitrogens with one attached hydrogen (secondary N) is 2. The Bertz CT molecular complexity index is 1040. The summed E-state index contributed by atoms with van der Waals surface area (Å²) in [6.07, 6.45) is 5.45. The lowest BCUT2D eigenvalue weighted by molar-refractivity contribution is -0.112. The number of aliphatic hydroxyl groups is 1. The smallest absolute Gasteiger partial charge is 0.255 e. The Hall–Kier alpha value is -3.42. The SMILES string of the molecule is C=C(/C=C\C(=C/C)C(=O)Nc1cc(-c2ccc(F)cc2)ccc1N)NC(O)C1(N)CC1. The number of nitrogen functional groups attached to an aromatic ring is 1. The zero-order valence-electron chi connectivity index (χ0n) is 17.4. The molecular weight excluding hydrogens is 395 g/mol. The number of halogens is 1. The Kier molecular flexibility index (Phi) is 6.58. The summed E-state index contributed by atoms with van der Waals surface area (Å²) in [5, 5.41) is 15.7. The summed E-state index contributed by atoms with van der Waals surface area (Å²) in [4.78, 5) is 12.7. The van der Waals surface area contributed by atoms with Crippen LogP contribution in [0, 0.1) is 5.82 Å². The predicted octanol–water partition coefficient (Wildman–Crippen LogP) is 3.43. The van der Waals surface area contributed by atoms with Crippen LogP contribution in [0.4, 0.5) is 15.8 Å². The Morgan fingerprint density at radius 1 is 1.19 bits per heavy atom. The molecule has 2 aromatic rings. The standard InChI is InChI=1S/C24H27FN4O2/c1-3-16(5-4-15(2)28-23(31)24(27)12-13-24)22(30)29-21-14-18(8-11-20(21)26)17-6-9-19(25)10-7-17/h3-11,14,23,28,31H,2,12-13,26-27H2,1H3,(H,29,30)/b5-4-,16-3+. The van der Waals surface area contributed by atoms with Crippen molar-refractivity contribution in [3.05, 3.63) is 84.4 Å². The van der Waals surface area contributed by atoms with Crippen LogP contribution in [0.15, 0.2) is 78.5 Å². The molecule has 1 aliphatic carbocycles. The minimum Gasteiger partial charge on any atom is -0.397 e. The van der Waals surface area contributed by atoms with Gasteiger partial charge in [0, 0.05) is 11.3 Å². The maximum absolute atomic E-state index is 13.2. The van der Waals surface area contributed by atoms with Gasteiger partial charge in [-0.15, -0.1) is 0 Å². The summed E-state index contributed by atoms with van der Waals surface area (Å²) in [6.45, 7) is 5.57. The van der Waals surface area contributed by atoms with E-state index in [9.17, 15) is 14.3 Å². The van der Waals surface area contributed by atoms with Crippen LogP contribution in [-0.4, -0.2) is 22.8 Å². The summed E-state index contributed by atoms with van der Waals surface area (Å²) in [5.41, 5.74) is 14.7. The van der Waals surface area contributed by atoms with Crippen LogP contribution in [0.5, 0.6) is 0 Å². The van der Waals surface area contributed by atoms with Crippen molar-refractivity contribution in [1.82, 2.24) is 5.32 Å². The fourth-order valence-corrected chi connectivity index (χ4v) is 2.96. The number of aliphatic hydroxyl groups excluding tert-OH is 1. The van der Waals surface area contributed by atoms with Gasteiger partial charge < -0.3 is 27.2 Å². The van der Waals surface area contributed by atoms with E-state index in [2.05, 4.69) is 17.2 Å². The third-order valence-corrected chi connectivity index (χ3v) is 5.21. The number of nitrogens with two attached hydrogens (primary N) is 2. The topological polar surface area (TPSA) is 113 Å². The van der Waals surface area contributed by atoms with Crippen LogP contribution in [0.1, 0.15) is 19.8 Å². The van der Waals surface area contributed by atoms with Gasteiger partial charge in [0.05, 0.1) is 16.9 Å². The zero-order chi connectivity index (χ0) is 22.6. The van der Waals surface area contributed by atoms with Crippen molar-refractivity contribution in [3.8, 4) is 11.1 Å². The summed E-state index contributed by atoms with van der Waals surface area (Å²) in [6, 6.07) is 11.3. The lowest BCUT2D eigenvalue weighted by atomic mass is 10.0. The second-order valence-electron chi connectivity index (χ2n) is 7.65. The molecule has 162 valence electrons. The monoisotopic (exact) mass is 422 g/mol. The van der Waals surface area contributed by atoms with Crippen LogP contribution >= 0.6 is 0 Å². The third kappa shape index (κ3) is 5.59. The zero-order valence-corrected chi connectivity index (χ0v) is 17.4. The van der Waals surface area contributed by atoms with Crippen LogP contribution in [0.3, 0.4) is 0 Å². The fraction of sp³-hybridized carbons (Fsp3) is 0.208. The molecule has 1 fully saturated rings. The summed E-state index contributed by atoms with van der Waals surface area (Å²) in [5.74, 6) is -0.674. The average molecular weight is 423 g/mol. The average Bonchev–Trinajstić information content (AvgIpc) is 3.49. The molecule has 0 heterocycles. The first-order valence-corrected chi connectivity index (χ1v) is 9.95. The molecular formula is C24H27FN4O2. The van der Waals surface area contributed by atoms with Crippen LogP contribution in [0.2, 0.25) is 0 Å². The van der Waals surface area contributed by atoms with Crippen molar-refractivity contribution in [2.45, 2.75) is 31.5 Å². The molecule has 0 bridgehead atoms. The first kappa shape index (κ1) is 22.3. The van der Waals surface area contributed by atoms with E-state index in [1.165, 1.54) is 12.1 Å². The molecule has 1 atom stereocenters. The molecule has 1 aliphatic rings. The minimum absolute atomic E-state index is 0.320. The molecule has 1 unspecified atom stereocenters. The summed E-state index contributed by atoms with van der Waals surface area (Å²) < 4.78 is 13.2. The Morgan fingerprint density at radius 2 is 1.84 bits per heavy atom. The van der Waals surface area contributed by atoms with Gasteiger partial charge in [0.25, 0.3) is 5.91 Å². The van der Waals surface area contributed by atoms with E-state index < -0.39 is 11.8 Å². The summed E-state index contributed by atoms with van der Waals surface area (Å²) >= 11 is 0. The number of hydrogen-bond donors (Lipinski definition) is 5. The number of carbonyl (C=O) groups excluding carboxylic acids is 1. The minimum atomic E-state index is -0.887. The van der Waals surface area contributed by atoms with Gasteiger partial charge in [-0.1, -0.05) is 30.9 Å². The van der Waals surface area contributed by atoms with E-state index >= 15 is 0 Å². The molecule has 1 amide bonds. The molecule has 0 radical (unpaired) electrons. The van der Waals surface area contributed by atoms with Crippen molar-refractivity contribution >= 4 is 17.3 Å². The maximum atomic E-state index is 13.2. The van der Waals surface area contributed by atoms with E-state index in [-0.39, 0.29) is 11.7 Å². The maximum Gasteiger partial charge on any atom is 0.255 e. The Balaban J connectivity index is 1.68. The van der Waals surface area contributed by atoms with Crippen molar-refractivity contribution in [1.29, 1.82) is 0 Å². The van der Waals surface area contributed by atoms with E-state index in [1.807, 2.05) is 0 Å². The van der Waals surface area contributed by atoms with Gasteiger partial charge in [0.2, 0.25) is 0 Å². The molecule has 7 heteroatoms. The highest BCUT2D eigenvalue weighted by atomic mass is 19.1. The normalized spacial score (nSPS) is 16.1. The Labute approximate surface area is 181 Å². The first-order valence-electron chi connectivity index (χ1n) is 9.95. The molecule has 0 spiro atoms. The molecule has 0 aromatic heterocycles. The van der Waals surface area contributed by atoms with Crippen molar-refractivity contribution in [3.63, 3.8) is 0 Å². The predicted molar refractivity (Wildman–Crippen MR) is 122 cm³/mol. The highest BCUT2D eigenvalue weighted by Crippen LogP contribution is 2.35. The number of carbonyl (C=O) groups is 1. The van der Waals surface area contributed by atoms with Crippen molar-refractivity contribution in [2.24, 2.45) is 5.73 Å². The van der Waals surface area contributed by atoms with Gasteiger partial charge in [-0.3, -0.25) is 4.79 Å². The van der Waals surface area contributed by atoms with Crippen molar-refractivity contribution in [2.75, 3.05) is 11.1 Å². The second-order valence-corrected chi connectivity index (χ2v) is 7.65. The molecule has 3 rings (SSSR count). The fourth-order valence-electron chi connectivity index (χ4n) is 2.96. The van der Waals surface area contributed by atoms with Gasteiger partial charge in [0.1, 0.15) is 12.0 Å². The third-order valence-electron chi connectivity index (χ3n) is 5.21. The number of benzene rings is 2. The number of allylic oxidation sites excluding steroid dienone is 2. The van der Waals surface area contributed by atoms with Crippen LogP contribution in [0.25, 0.3) is 11.1 Å². The number of amides is 1. The lowest BCUT2D eigenvalue weighted by Gasteiger charge is -2.20. The van der Waals surface area contributed by atoms with E-state index in [0.29, 0.717) is 22.6 Å². The molecule has 7 N–H and O–H groups in total. The van der Waals surface area contributed by atoms with Crippen LogP contribution < -0.4 is 22.1 Å². The molecule has 1 saturated carbocycles. The van der Waals surface area contributed by atoms with Gasteiger partial charge in [0.15, 0.2) is 0 Å². The molecule has 0 saturated heterocycles. The molecule has 0 aliphatic heterocycles. The number of anilines is 2. The Morgan fingerprint density at radius 3 is 2.45 bits per heavy atom. The lowest BCUT2D eigenvalue weighted by Crippen LogP contribution is -2.46.